The van der Waals surface area contributed by atoms with Gasteiger partial charge in [-0.25, -0.2) is 4.79 Å². The van der Waals surface area contributed by atoms with Crippen LogP contribution in [0.4, 0.5) is 13.2 Å². The van der Waals surface area contributed by atoms with Gasteiger partial charge in [-0.2, -0.15) is 13.2 Å². The number of aromatic carboxylic acids is 1. The molecule has 0 saturated carbocycles. The molecule has 0 fully saturated rings. The molecule has 9 heteroatoms. The molecule has 152 valence electrons. The summed E-state index contributed by atoms with van der Waals surface area (Å²) in [5.74, 6) is -3.03. The second-order valence-corrected chi connectivity index (χ2v) is 7.64. The van der Waals surface area contributed by atoms with E-state index in [1.54, 1.807) is 22.8 Å². The average Bonchev–Trinajstić information content (AvgIpc) is 3.27. The van der Waals surface area contributed by atoms with E-state index in [4.69, 9.17) is 32.7 Å². The number of hydrogen-bond donors (Lipinski definition) is 1. The van der Waals surface area contributed by atoms with E-state index in [1.807, 2.05) is 0 Å². The lowest BCUT2D eigenvalue weighted by molar-refractivity contribution is -0.153. The zero-order valence-corrected chi connectivity index (χ0v) is 16.3. The van der Waals surface area contributed by atoms with Crippen molar-refractivity contribution in [1.29, 1.82) is 0 Å². The summed E-state index contributed by atoms with van der Waals surface area (Å²) in [6.07, 6.45) is -3.62. The van der Waals surface area contributed by atoms with Gasteiger partial charge in [0.2, 0.25) is 11.6 Å². The first-order chi connectivity index (χ1) is 13.7. The van der Waals surface area contributed by atoms with Gasteiger partial charge in [-0.3, -0.25) is 4.57 Å². The van der Waals surface area contributed by atoms with Gasteiger partial charge >= 0.3 is 12.1 Å². The fraction of sp³-hybridized carbons (Fsp3) is 0.250. The van der Waals surface area contributed by atoms with Gasteiger partial charge in [-0.05, 0) is 49.1 Å². The fourth-order valence-electron chi connectivity index (χ4n) is 3.78. The van der Waals surface area contributed by atoms with Crippen LogP contribution in [0.2, 0.25) is 10.0 Å². The van der Waals surface area contributed by atoms with Crippen molar-refractivity contribution in [3.8, 4) is 17.1 Å². The molecule has 0 spiro atoms. The van der Waals surface area contributed by atoms with E-state index in [-0.39, 0.29) is 28.7 Å². The Kier molecular flexibility index (Phi) is 4.91. The maximum Gasteiger partial charge on any atom is 0.395 e. The minimum atomic E-state index is -4.38. The largest absolute Gasteiger partial charge is 0.475 e. The number of furan rings is 1. The molecule has 1 N–H and O–H groups in total. The van der Waals surface area contributed by atoms with Gasteiger partial charge in [0.1, 0.15) is 0 Å². The number of alkyl halides is 3. The molecule has 1 unspecified atom stereocenters. The van der Waals surface area contributed by atoms with E-state index in [2.05, 4.69) is 0 Å². The molecular weight excluding hydrogens is 430 g/mol. The molecule has 29 heavy (non-hydrogen) atoms. The van der Waals surface area contributed by atoms with Crippen molar-refractivity contribution in [2.45, 2.75) is 31.4 Å². The van der Waals surface area contributed by atoms with Crippen molar-refractivity contribution < 1.29 is 27.5 Å². The highest BCUT2D eigenvalue weighted by Crippen LogP contribution is 2.46. The molecule has 2 heterocycles. The number of carboxylic acid groups (broad SMARTS) is 1. The van der Waals surface area contributed by atoms with Crippen LogP contribution < -0.4 is 0 Å². The van der Waals surface area contributed by atoms with E-state index in [1.165, 1.54) is 18.2 Å². The summed E-state index contributed by atoms with van der Waals surface area (Å²) in [6, 6.07) is 8.95. The predicted molar refractivity (Wildman–Crippen MR) is 102 cm³/mol. The number of rotatable bonds is 3. The Hall–Kier alpha value is -2.38. The van der Waals surface area contributed by atoms with Crippen molar-refractivity contribution in [3.63, 3.8) is 0 Å². The van der Waals surface area contributed by atoms with Crippen molar-refractivity contribution in [2.75, 3.05) is 0 Å². The Morgan fingerprint density at radius 1 is 1.14 bits per heavy atom. The molecule has 2 aromatic heterocycles. The van der Waals surface area contributed by atoms with E-state index in [0.717, 1.165) is 0 Å². The van der Waals surface area contributed by atoms with Gasteiger partial charge in [0.05, 0.1) is 21.7 Å². The molecule has 0 aliphatic heterocycles. The molecule has 0 bridgehead atoms. The molecule has 3 aromatic rings. The lowest BCUT2D eigenvalue weighted by Crippen LogP contribution is -2.25. The number of fused-ring (bicyclic) bond motifs is 1. The van der Waals surface area contributed by atoms with Gasteiger partial charge < -0.3 is 9.52 Å². The summed E-state index contributed by atoms with van der Waals surface area (Å²) < 4.78 is 47.9. The monoisotopic (exact) mass is 443 g/mol. The van der Waals surface area contributed by atoms with E-state index >= 15 is 0 Å². The Balaban J connectivity index is 1.97. The van der Waals surface area contributed by atoms with Crippen LogP contribution in [0, 0.1) is 0 Å². The minimum Gasteiger partial charge on any atom is -0.475 e. The molecule has 4 rings (SSSR count). The van der Waals surface area contributed by atoms with E-state index < -0.39 is 18.1 Å². The Morgan fingerprint density at radius 3 is 2.52 bits per heavy atom. The molecule has 0 radical (unpaired) electrons. The summed E-state index contributed by atoms with van der Waals surface area (Å²) >= 11 is 12.1. The molecule has 4 nitrogen and oxygen atoms in total. The zero-order valence-electron chi connectivity index (χ0n) is 14.8. The highest BCUT2D eigenvalue weighted by Gasteiger charge is 2.44. The van der Waals surface area contributed by atoms with Crippen molar-refractivity contribution in [1.82, 2.24) is 4.57 Å². The topological polar surface area (TPSA) is 55.4 Å². The second kappa shape index (κ2) is 7.15. The van der Waals surface area contributed by atoms with Crippen molar-refractivity contribution in [3.05, 3.63) is 63.5 Å². The number of aromatic nitrogens is 1. The molecule has 1 aliphatic carbocycles. The fourth-order valence-corrected chi connectivity index (χ4v) is 4.08. The van der Waals surface area contributed by atoms with Gasteiger partial charge in [0.15, 0.2) is 0 Å². The van der Waals surface area contributed by atoms with Crippen LogP contribution in [0.1, 0.15) is 40.6 Å². The number of carboxylic acids is 1. The van der Waals surface area contributed by atoms with Crippen LogP contribution in [-0.4, -0.2) is 21.8 Å². The van der Waals surface area contributed by atoms with Gasteiger partial charge in [-0.15, -0.1) is 0 Å². The third-order valence-electron chi connectivity index (χ3n) is 5.05. The van der Waals surface area contributed by atoms with E-state index in [0.29, 0.717) is 34.8 Å². The lowest BCUT2D eigenvalue weighted by Gasteiger charge is -2.25. The maximum absolute atomic E-state index is 13.6. The van der Waals surface area contributed by atoms with Crippen LogP contribution in [0.15, 0.2) is 40.8 Å². The molecule has 0 amide bonds. The molecular formula is C20H14Cl2F3NO3. The number of hydrogen-bond acceptors (Lipinski definition) is 2. The normalized spacial score (nSPS) is 16.7. The summed E-state index contributed by atoms with van der Waals surface area (Å²) in [5, 5.41) is 9.73. The first-order valence-electron chi connectivity index (χ1n) is 8.77. The van der Waals surface area contributed by atoms with Gasteiger partial charge in [-0.1, -0.05) is 29.3 Å². The first-order valence-corrected chi connectivity index (χ1v) is 9.52. The number of halogens is 5. The van der Waals surface area contributed by atoms with Crippen LogP contribution in [0.25, 0.3) is 17.1 Å². The molecule has 1 atom stereocenters. The quantitative estimate of drug-likeness (QED) is 0.488. The standard InChI is InChI=1S/C20H14Cl2F3NO3/c21-13-5-4-10(8-14(13)22)16-9-11-12(20(23,24)25)2-1-3-15(11)26(16)18-7-6-17(29-18)19(27)28/h4-9,12H,1-3H2,(H,27,28). The molecule has 1 aliphatic rings. The van der Waals surface area contributed by atoms with Crippen molar-refractivity contribution >= 4 is 29.2 Å². The first kappa shape index (κ1) is 19.9. The predicted octanol–water partition coefficient (Wildman–Crippen LogP) is 6.72. The molecule has 1 aromatic carbocycles. The number of carbonyl (C=O) groups is 1. The van der Waals surface area contributed by atoms with Gasteiger partial charge in [0, 0.05) is 17.3 Å². The molecule has 0 saturated heterocycles. The summed E-state index contributed by atoms with van der Waals surface area (Å²) in [4.78, 5) is 11.2. The zero-order chi connectivity index (χ0) is 20.9. The Morgan fingerprint density at radius 2 is 1.90 bits per heavy atom. The average molecular weight is 444 g/mol. The minimum absolute atomic E-state index is 0.000141. The Bertz CT molecular complexity index is 1100. The van der Waals surface area contributed by atoms with Crippen LogP contribution in [0.3, 0.4) is 0 Å². The number of nitrogens with zero attached hydrogens (tertiary/aromatic N) is 1. The SMILES string of the molecule is O=C(O)c1ccc(-n2c(-c3ccc(Cl)c(Cl)c3)cc3c2CCCC3C(F)(F)F)o1. The van der Waals surface area contributed by atoms with Crippen LogP contribution >= 0.6 is 23.2 Å². The Labute approximate surface area is 173 Å². The second-order valence-electron chi connectivity index (χ2n) is 6.83. The summed E-state index contributed by atoms with van der Waals surface area (Å²) in [5.41, 5.74) is 1.59. The van der Waals surface area contributed by atoms with Crippen LogP contribution in [0.5, 0.6) is 0 Å². The maximum atomic E-state index is 13.6. The smallest absolute Gasteiger partial charge is 0.395 e. The van der Waals surface area contributed by atoms with Gasteiger partial charge in [0.25, 0.3) is 0 Å². The summed E-state index contributed by atoms with van der Waals surface area (Å²) in [6.45, 7) is 0. The lowest BCUT2D eigenvalue weighted by atomic mass is 9.86. The summed E-state index contributed by atoms with van der Waals surface area (Å²) in [7, 11) is 0. The third kappa shape index (κ3) is 3.53. The number of benzene rings is 1. The van der Waals surface area contributed by atoms with E-state index in [9.17, 15) is 18.0 Å². The highest BCUT2D eigenvalue weighted by molar-refractivity contribution is 6.42. The van der Waals surface area contributed by atoms with Crippen molar-refractivity contribution in [2.24, 2.45) is 0 Å². The van der Waals surface area contributed by atoms with Crippen LogP contribution in [-0.2, 0) is 6.42 Å². The highest BCUT2D eigenvalue weighted by atomic mass is 35.5. The third-order valence-corrected chi connectivity index (χ3v) is 5.79.